The van der Waals surface area contributed by atoms with Gasteiger partial charge in [-0.05, 0) is 43.7 Å². The Hall–Kier alpha value is -2.50. The molecular formula is C20H18F7NO3S. The third kappa shape index (κ3) is 4.79. The van der Waals surface area contributed by atoms with Gasteiger partial charge in [-0.2, -0.15) is 13.2 Å². The molecule has 1 aliphatic rings. The Morgan fingerprint density at radius 2 is 1.69 bits per heavy atom. The van der Waals surface area contributed by atoms with Gasteiger partial charge >= 0.3 is 6.18 Å². The fraction of sp³-hybridized carbons (Fsp3) is 0.400. The van der Waals surface area contributed by atoms with Gasteiger partial charge in [-0.3, -0.25) is 0 Å². The number of phenolic OH excluding ortho intramolecular Hbond substituents is 1. The standard InChI is InChI=1S/C20H18F7NO3S/c1-19(23,24)7-6-11-10-28(13-4-2-12(21)3-5-13)15-8-14(20(25,26)27)16(29)9-17(15)32(30,31)18(11)22/h2-5,8-9,11,18,29H,6-7,10H2,1H3/t11-,18-/m1/s1. The van der Waals surface area contributed by atoms with E-state index in [4.69, 9.17) is 0 Å². The van der Waals surface area contributed by atoms with E-state index in [1.165, 1.54) is 0 Å². The Morgan fingerprint density at radius 1 is 1.09 bits per heavy atom. The number of hydrogen-bond donors (Lipinski definition) is 1. The second-order valence-electron chi connectivity index (χ2n) is 7.69. The van der Waals surface area contributed by atoms with Gasteiger partial charge in [-0.25, -0.2) is 26.0 Å². The summed E-state index contributed by atoms with van der Waals surface area (Å²) < 4.78 is 121. The number of rotatable bonds is 4. The molecule has 176 valence electrons. The quantitative estimate of drug-likeness (QED) is 0.555. The molecular weight excluding hydrogens is 467 g/mol. The first-order valence-corrected chi connectivity index (χ1v) is 10.9. The average molecular weight is 485 g/mol. The van der Waals surface area contributed by atoms with Crippen LogP contribution in [0.1, 0.15) is 25.3 Å². The number of aromatic hydroxyl groups is 1. The topological polar surface area (TPSA) is 57.6 Å². The lowest BCUT2D eigenvalue weighted by molar-refractivity contribution is -0.138. The fourth-order valence-corrected chi connectivity index (χ4v) is 5.25. The van der Waals surface area contributed by atoms with Crippen LogP contribution >= 0.6 is 0 Å². The van der Waals surface area contributed by atoms with Crippen LogP contribution in [0.3, 0.4) is 0 Å². The third-order valence-corrected chi connectivity index (χ3v) is 7.07. The van der Waals surface area contributed by atoms with Gasteiger partial charge < -0.3 is 10.0 Å². The van der Waals surface area contributed by atoms with E-state index < -0.39 is 80.5 Å². The average Bonchev–Trinajstić information content (AvgIpc) is 2.74. The van der Waals surface area contributed by atoms with E-state index in [9.17, 15) is 39.9 Å². The zero-order valence-electron chi connectivity index (χ0n) is 16.5. The summed E-state index contributed by atoms with van der Waals surface area (Å²) in [5.74, 6) is -6.89. The van der Waals surface area contributed by atoms with E-state index in [0.717, 1.165) is 29.2 Å². The molecule has 0 unspecified atom stereocenters. The summed E-state index contributed by atoms with van der Waals surface area (Å²) >= 11 is 0. The molecule has 0 fully saturated rings. The van der Waals surface area contributed by atoms with Crippen molar-refractivity contribution in [3.8, 4) is 5.75 Å². The fourth-order valence-electron chi connectivity index (χ4n) is 3.54. The summed E-state index contributed by atoms with van der Waals surface area (Å²) in [7, 11) is -4.96. The van der Waals surface area contributed by atoms with Crippen molar-refractivity contribution in [2.45, 2.75) is 42.3 Å². The molecule has 0 aliphatic carbocycles. The van der Waals surface area contributed by atoms with Crippen molar-refractivity contribution in [3.05, 3.63) is 47.8 Å². The molecule has 1 heterocycles. The van der Waals surface area contributed by atoms with Gasteiger partial charge in [0.15, 0.2) is 0 Å². The van der Waals surface area contributed by atoms with Crippen molar-refractivity contribution in [3.63, 3.8) is 0 Å². The monoisotopic (exact) mass is 485 g/mol. The number of alkyl halides is 6. The minimum Gasteiger partial charge on any atom is -0.507 e. The van der Waals surface area contributed by atoms with Gasteiger partial charge in [0.05, 0.1) is 16.1 Å². The first kappa shape index (κ1) is 24.1. The van der Waals surface area contributed by atoms with E-state index in [1.54, 1.807) is 0 Å². The van der Waals surface area contributed by atoms with Crippen molar-refractivity contribution in [2.24, 2.45) is 5.92 Å². The van der Waals surface area contributed by atoms with Gasteiger partial charge in [0.2, 0.25) is 21.3 Å². The van der Waals surface area contributed by atoms with Crippen LogP contribution in [0.2, 0.25) is 0 Å². The molecule has 2 aromatic carbocycles. The minimum atomic E-state index is -5.07. The molecule has 0 bridgehead atoms. The van der Waals surface area contributed by atoms with Crippen molar-refractivity contribution < 1.29 is 44.3 Å². The molecule has 0 aromatic heterocycles. The highest BCUT2D eigenvalue weighted by atomic mass is 32.2. The minimum absolute atomic E-state index is 0.0176. The molecule has 1 N–H and O–H groups in total. The number of nitrogens with zero attached hydrogens (tertiary/aromatic N) is 1. The van der Waals surface area contributed by atoms with Crippen molar-refractivity contribution in [1.82, 2.24) is 0 Å². The van der Waals surface area contributed by atoms with Crippen molar-refractivity contribution in [1.29, 1.82) is 0 Å². The highest BCUT2D eigenvalue weighted by Gasteiger charge is 2.45. The van der Waals surface area contributed by atoms with Crippen LogP contribution in [0.4, 0.5) is 42.1 Å². The number of sulfone groups is 1. The zero-order chi connectivity index (χ0) is 24.1. The van der Waals surface area contributed by atoms with Crippen LogP contribution < -0.4 is 4.90 Å². The Balaban J connectivity index is 2.24. The van der Waals surface area contributed by atoms with Crippen molar-refractivity contribution in [2.75, 3.05) is 11.4 Å². The highest BCUT2D eigenvalue weighted by molar-refractivity contribution is 7.92. The Kier molecular flexibility index (Phi) is 6.13. The second kappa shape index (κ2) is 8.13. The maximum atomic E-state index is 15.1. The molecule has 0 radical (unpaired) electrons. The first-order valence-electron chi connectivity index (χ1n) is 9.34. The van der Waals surface area contributed by atoms with Crippen LogP contribution in [-0.4, -0.2) is 31.5 Å². The lowest BCUT2D eigenvalue weighted by Crippen LogP contribution is -2.32. The Morgan fingerprint density at radius 3 is 2.22 bits per heavy atom. The van der Waals surface area contributed by atoms with Gasteiger partial charge in [-0.1, -0.05) is 0 Å². The summed E-state index contributed by atoms with van der Waals surface area (Å²) in [6.45, 7) is 0.00274. The Labute approximate surface area is 179 Å². The number of fused-ring (bicyclic) bond motifs is 1. The summed E-state index contributed by atoms with van der Waals surface area (Å²) in [6, 6.07) is 4.84. The van der Waals surface area contributed by atoms with Gasteiger partial charge in [0.1, 0.15) is 11.6 Å². The summed E-state index contributed by atoms with van der Waals surface area (Å²) in [6.07, 6.45) is -6.52. The van der Waals surface area contributed by atoms with E-state index in [2.05, 4.69) is 0 Å². The Bertz CT molecular complexity index is 1100. The molecule has 1 aliphatic heterocycles. The predicted molar refractivity (Wildman–Crippen MR) is 102 cm³/mol. The molecule has 0 amide bonds. The van der Waals surface area contributed by atoms with E-state index in [1.807, 2.05) is 0 Å². The zero-order valence-corrected chi connectivity index (χ0v) is 17.3. The first-order chi connectivity index (χ1) is 14.6. The lowest BCUT2D eigenvalue weighted by Gasteiger charge is -2.28. The molecule has 0 spiro atoms. The second-order valence-corrected chi connectivity index (χ2v) is 9.67. The molecule has 2 atom stereocenters. The van der Waals surface area contributed by atoms with Gasteiger partial charge in [-0.15, -0.1) is 0 Å². The number of phenols is 1. The molecule has 3 rings (SSSR count). The van der Waals surface area contributed by atoms with Crippen LogP contribution in [0.15, 0.2) is 41.3 Å². The van der Waals surface area contributed by atoms with Crippen LogP contribution in [0, 0.1) is 11.7 Å². The normalized spacial score (nSPS) is 21.2. The van der Waals surface area contributed by atoms with Gasteiger partial charge in [0.25, 0.3) is 0 Å². The van der Waals surface area contributed by atoms with E-state index >= 15 is 4.39 Å². The smallest absolute Gasteiger partial charge is 0.420 e. The molecule has 12 heteroatoms. The van der Waals surface area contributed by atoms with E-state index in [0.29, 0.717) is 19.1 Å². The largest absolute Gasteiger partial charge is 0.507 e. The number of hydrogen-bond acceptors (Lipinski definition) is 4. The summed E-state index contributed by atoms with van der Waals surface area (Å²) in [5.41, 5.74) is -4.86. The summed E-state index contributed by atoms with van der Waals surface area (Å²) in [5, 5.41) is 9.81. The SMILES string of the molecule is CC(F)(F)CC[C@@H]1CN(c2ccc(F)cc2)c2cc(C(F)(F)F)c(O)cc2S(=O)(=O)[C@H]1F. The summed E-state index contributed by atoms with van der Waals surface area (Å²) in [4.78, 5) is 0.0737. The maximum Gasteiger partial charge on any atom is 0.420 e. The molecule has 32 heavy (non-hydrogen) atoms. The van der Waals surface area contributed by atoms with Gasteiger partial charge in [0, 0.05) is 30.6 Å². The third-order valence-electron chi connectivity index (χ3n) is 5.16. The number of halogens is 7. The number of anilines is 2. The van der Waals surface area contributed by atoms with E-state index in [-0.39, 0.29) is 5.69 Å². The maximum absolute atomic E-state index is 15.1. The number of benzene rings is 2. The van der Waals surface area contributed by atoms with Crippen LogP contribution in [0.5, 0.6) is 5.75 Å². The van der Waals surface area contributed by atoms with Crippen molar-refractivity contribution >= 4 is 21.2 Å². The highest BCUT2D eigenvalue weighted by Crippen LogP contribution is 2.47. The molecule has 2 aromatic rings. The molecule has 4 nitrogen and oxygen atoms in total. The van der Waals surface area contributed by atoms with Crippen LogP contribution in [-0.2, 0) is 16.0 Å². The lowest BCUT2D eigenvalue weighted by atomic mass is 10.00. The predicted octanol–water partition coefficient (Wildman–Crippen LogP) is 5.82. The van der Waals surface area contributed by atoms with Crippen LogP contribution in [0.25, 0.3) is 0 Å². The molecule has 0 saturated carbocycles. The molecule has 0 saturated heterocycles.